The van der Waals surface area contributed by atoms with Gasteiger partial charge in [-0.3, -0.25) is 9.20 Å². The van der Waals surface area contributed by atoms with E-state index in [1.165, 1.54) is 15.7 Å². The van der Waals surface area contributed by atoms with Gasteiger partial charge < -0.3 is 5.11 Å². The average Bonchev–Trinajstić information content (AvgIpc) is 2.66. The molecule has 0 saturated heterocycles. The Kier molecular flexibility index (Phi) is 3.40. The molecule has 2 aromatic heterocycles. The third-order valence-corrected chi connectivity index (χ3v) is 3.57. The Bertz CT molecular complexity index is 506. The highest BCUT2D eigenvalue weighted by molar-refractivity contribution is 7.98. The van der Waals surface area contributed by atoms with Gasteiger partial charge in [0.25, 0.3) is 5.56 Å². The SMILES string of the molecule is O=c1cc(CSCCO)nc2sccn12. The lowest BCUT2D eigenvalue weighted by Gasteiger charge is -1.99. The van der Waals surface area contributed by atoms with Crippen LogP contribution in [-0.4, -0.2) is 26.9 Å². The highest BCUT2D eigenvalue weighted by atomic mass is 32.2. The number of hydrogen-bond acceptors (Lipinski definition) is 5. The topological polar surface area (TPSA) is 54.6 Å². The first kappa shape index (κ1) is 10.7. The van der Waals surface area contributed by atoms with Crippen LogP contribution in [0.2, 0.25) is 0 Å². The minimum absolute atomic E-state index is 0.0409. The maximum atomic E-state index is 11.6. The Morgan fingerprint density at radius 1 is 1.60 bits per heavy atom. The van der Waals surface area contributed by atoms with Gasteiger partial charge in [-0.2, -0.15) is 11.8 Å². The van der Waals surface area contributed by atoms with E-state index in [0.717, 1.165) is 10.7 Å². The van der Waals surface area contributed by atoms with Crippen molar-refractivity contribution in [2.45, 2.75) is 5.75 Å². The van der Waals surface area contributed by atoms with Gasteiger partial charge in [0.15, 0.2) is 4.96 Å². The predicted molar refractivity (Wildman–Crippen MR) is 62.6 cm³/mol. The van der Waals surface area contributed by atoms with Gasteiger partial charge in [0.1, 0.15) is 0 Å². The Hall–Kier alpha value is -0.850. The van der Waals surface area contributed by atoms with E-state index >= 15 is 0 Å². The third kappa shape index (κ3) is 2.39. The van der Waals surface area contributed by atoms with Gasteiger partial charge >= 0.3 is 0 Å². The van der Waals surface area contributed by atoms with Crippen molar-refractivity contribution in [3.8, 4) is 0 Å². The molecule has 15 heavy (non-hydrogen) atoms. The normalized spacial score (nSPS) is 11.0. The first-order chi connectivity index (χ1) is 7.31. The summed E-state index contributed by atoms with van der Waals surface area (Å²) in [5, 5.41) is 10.5. The van der Waals surface area contributed by atoms with Crippen molar-refractivity contribution in [2.24, 2.45) is 0 Å². The Balaban J connectivity index is 2.25. The lowest BCUT2D eigenvalue weighted by Crippen LogP contribution is -2.12. The Morgan fingerprint density at radius 3 is 3.27 bits per heavy atom. The molecule has 2 rings (SSSR count). The van der Waals surface area contributed by atoms with E-state index in [2.05, 4.69) is 4.98 Å². The molecule has 0 bridgehead atoms. The predicted octanol–water partition coefficient (Wildman–Crippen LogP) is 0.982. The molecule has 0 aliphatic rings. The van der Waals surface area contributed by atoms with Crippen LogP contribution in [0.15, 0.2) is 22.4 Å². The van der Waals surface area contributed by atoms with Gasteiger partial charge in [0.05, 0.1) is 12.3 Å². The number of rotatable bonds is 4. The largest absolute Gasteiger partial charge is 0.396 e. The van der Waals surface area contributed by atoms with E-state index < -0.39 is 0 Å². The molecule has 1 N–H and O–H groups in total. The van der Waals surface area contributed by atoms with Crippen LogP contribution >= 0.6 is 23.1 Å². The molecule has 0 aliphatic carbocycles. The molecule has 2 aromatic rings. The van der Waals surface area contributed by atoms with Crippen molar-refractivity contribution in [3.63, 3.8) is 0 Å². The van der Waals surface area contributed by atoms with Gasteiger partial charge in [-0.05, 0) is 0 Å². The molecule has 0 aromatic carbocycles. The standard InChI is InChI=1S/C9H10N2O2S2/c12-2-4-14-6-7-5-8(13)11-1-3-15-9(11)10-7/h1,3,5,12H,2,4,6H2. The van der Waals surface area contributed by atoms with E-state index in [9.17, 15) is 4.79 Å². The van der Waals surface area contributed by atoms with Crippen LogP contribution in [0.25, 0.3) is 4.96 Å². The lowest BCUT2D eigenvalue weighted by molar-refractivity contribution is 0.322. The molecule has 0 atom stereocenters. The summed E-state index contributed by atoms with van der Waals surface area (Å²) in [5.74, 6) is 1.34. The third-order valence-electron chi connectivity index (χ3n) is 1.84. The summed E-state index contributed by atoms with van der Waals surface area (Å²) in [4.78, 5) is 16.6. The monoisotopic (exact) mass is 242 g/mol. The molecular formula is C9H10N2O2S2. The van der Waals surface area contributed by atoms with Crippen molar-refractivity contribution in [1.82, 2.24) is 9.38 Å². The number of thiazole rings is 1. The van der Waals surface area contributed by atoms with Crippen LogP contribution in [-0.2, 0) is 5.75 Å². The summed E-state index contributed by atoms with van der Waals surface area (Å²) in [6.07, 6.45) is 1.72. The van der Waals surface area contributed by atoms with Crippen molar-refractivity contribution in [3.05, 3.63) is 33.7 Å². The highest BCUT2D eigenvalue weighted by Crippen LogP contribution is 2.11. The summed E-state index contributed by atoms with van der Waals surface area (Å²) >= 11 is 3.02. The van der Waals surface area contributed by atoms with E-state index in [1.807, 2.05) is 5.38 Å². The van der Waals surface area contributed by atoms with Crippen LogP contribution in [0.4, 0.5) is 0 Å². The van der Waals surface area contributed by atoms with Crippen molar-refractivity contribution in [1.29, 1.82) is 0 Å². The minimum Gasteiger partial charge on any atom is -0.396 e. The fourth-order valence-corrected chi connectivity index (χ4v) is 2.57. The molecule has 4 nitrogen and oxygen atoms in total. The maximum absolute atomic E-state index is 11.6. The van der Waals surface area contributed by atoms with Gasteiger partial charge in [-0.25, -0.2) is 4.98 Å². The molecule has 0 radical (unpaired) electrons. The molecular weight excluding hydrogens is 232 g/mol. The summed E-state index contributed by atoms with van der Waals surface area (Å²) in [7, 11) is 0. The van der Waals surface area contributed by atoms with Gasteiger partial charge in [-0.1, -0.05) is 0 Å². The molecule has 0 saturated carbocycles. The minimum atomic E-state index is -0.0409. The van der Waals surface area contributed by atoms with Crippen molar-refractivity contribution >= 4 is 28.1 Å². The smallest absolute Gasteiger partial charge is 0.258 e. The number of nitrogens with zero attached hydrogens (tertiary/aromatic N) is 2. The lowest BCUT2D eigenvalue weighted by atomic mass is 10.4. The molecule has 80 valence electrons. The highest BCUT2D eigenvalue weighted by Gasteiger charge is 2.02. The number of aliphatic hydroxyl groups is 1. The number of thioether (sulfide) groups is 1. The van der Waals surface area contributed by atoms with Crippen LogP contribution in [0, 0.1) is 0 Å². The molecule has 0 unspecified atom stereocenters. The van der Waals surface area contributed by atoms with Crippen LogP contribution in [0.1, 0.15) is 5.69 Å². The van der Waals surface area contributed by atoms with E-state index in [1.54, 1.807) is 24.0 Å². The molecule has 0 amide bonds. The van der Waals surface area contributed by atoms with Gasteiger partial charge in [-0.15, -0.1) is 11.3 Å². The molecule has 0 aliphatic heterocycles. The second-order valence-electron chi connectivity index (χ2n) is 2.92. The Morgan fingerprint density at radius 2 is 2.47 bits per heavy atom. The molecule has 0 spiro atoms. The Labute approximate surface area is 94.6 Å². The first-order valence-corrected chi connectivity index (χ1v) is 6.49. The molecule has 0 fully saturated rings. The van der Waals surface area contributed by atoms with Crippen molar-refractivity contribution in [2.75, 3.05) is 12.4 Å². The summed E-state index contributed by atoms with van der Waals surface area (Å²) in [6.45, 7) is 0.158. The number of aliphatic hydroxyl groups excluding tert-OH is 1. The van der Waals surface area contributed by atoms with Crippen molar-refractivity contribution < 1.29 is 5.11 Å². The number of hydrogen-bond donors (Lipinski definition) is 1. The number of fused-ring (bicyclic) bond motifs is 1. The van der Waals surface area contributed by atoms with E-state index in [0.29, 0.717) is 11.5 Å². The van der Waals surface area contributed by atoms with Crippen LogP contribution in [0.3, 0.4) is 0 Å². The second kappa shape index (κ2) is 4.78. The molecule has 6 heteroatoms. The fourth-order valence-electron chi connectivity index (χ4n) is 1.20. The first-order valence-electron chi connectivity index (χ1n) is 4.45. The van der Waals surface area contributed by atoms with Gasteiger partial charge in [0.2, 0.25) is 0 Å². The summed E-state index contributed by atoms with van der Waals surface area (Å²) < 4.78 is 1.53. The zero-order valence-corrected chi connectivity index (χ0v) is 9.55. The number of aromatic nitrogens is 2. The quantitative estimate of drug-likeness (QED) is 0.812. The van der Waals surface area contributed by atoms with Crippen LogP contribution in [0.5, 0.6) is 0 Å². The zero-order chi connectivity index (χ0) is 10.7. The maximum Gasteiger partial charge on any atom is 0.258 e. The van der Waals surface area contributed by atoms with E-state index in [4.69, 9.17) is 5.11 Å². The fraction of sp³-hybridized carbons (Fsp3) is 0.333. The summed E-state index contributed by atoms with van der Waals surface area (Å²) in [5.41, 5.74) is 0.738. The van der Waals surface area contributed by atoms with Gasteiger partial charge in [0, 0.05) is 29.1 Å². The zero-order valence-electron chi connectivity index (χ0n) is 7.92. The molecule has 2 heterocycles. The summed E-state index contributed by atoms with van der Waals surface area (Å²) in [6, 6.07) is 1.55. The second-order valence-corrected chi connectivity index (χ2v) is 4.90. The van der Waals surface area contributed by atoms with E-state index in [-0.39, 0.29) is 12.2 Å². The average molecular weight is 242 g/mol. The van der Waals surface area contributed by atoms with Crippen LogP contribution < -0.4 is 5.56 Å².